The van der Waals surface area contributed by atoms with E-state index in [1.54, 1.807) is 9.80 Å². The molecule has 24 heteroatoms. The van der Waals surface area contributed by atoms with E-state index < -0.39 is 0 Å². The molecule has 1 atom stereocenters. The van der Waals surface area contributed by atoms with Gasteiger partial charge in [-0.15, -0.1) is 0 Å². The maximum Gasteiger partial charge on any atom is 0.306 e. The highest BCUT2D eigenvalue weighted by Crippen LogP contribution is 2.25. The number of allylic oxidation sites excluding steroid dienone is 3. The van der Waals surface area contributed by atoms with Gasteiger partial charge in [0, 0.05) is 108 Å². The molecule has 0 aliphatic carbocycles. The average molecular weight is 2020 g/mol. The third kappa shape index (κ3) is 100. The topological polar surface area (TPSA) is 228 Å². The molecule has 1 unspecified atom stereocenters. The van der Waals surface area contributed by atoms with Gasteiger partial charge in [0.25, 0.3) is 15.7 Å². The normalized spacial score (nSPS) is 11.7. The lowest BCUT2D eigenvalue weighted by Gasteiger charge is -2.23. The standard InChI is InChI=1S/C41H78N2O5S.C39H74N2O5S.C35H66N2O5S/c1-6-11-14-17-19-22-25-36-47-39(44)31-26-34-43(41(46)49-37-28-33-42(9-4)10-5)35-27-32-40(45)48-38(29-23-20-16-13-8-3)30-24-21-18-15-12-7-2;1-6-9-12-15-18-21-24-34-45-37(42)29-25-31-41(39(44)47-35-33-40(4)5)32-26-30-38(43)46-36(27-22-19-16-13-10-7-2)28-23-20-17-14-11-8-3;1-6-9-12-15-16-17-20-30-41-33(38)25-21-27-37(35(40)43-31-29-36(4)5)28-22-26-34(39)42-32(23-18-13-10-7-2)24-19-14-11-8-3/h22,25,38H,6-21,23-24,26-37H2,1-5H3;21,24,36H,6-20,22-23,25-35H2,1-5H3;17,20,32H,6-16,18-19,21-31H2,1-5H3/b25-22-;24-21-;20-17-. The van der Waals surface area contributed by atoms with Gasteiger partial charge in [0.2, 0.25) is 0 Å². The van der Waals surface area contributed by atoms with Gasteiger partial charge in [-0.3, -0.25) is 43.2 Å². The Kier molecular flexibility index (Phi) is 109. The van der Waals surface area contributed by atoms with Crippen LogP contribution in [0.25, 0.3) is 0 Å². The zero-order valence-corrected chi connectivity index (χ0v) is 95.2. The number of hydrogen-bond acceptors (Lipinski definition) is 21. The van der Waals surface area contributed by atoms with E-state index in [1.807, 2.05) is 51.3 Å². The van der Waals surface area contributed by atoms with Crippen LogP contribution < -0.4 is 0 Å². The quantitative estimate of drug-likeness (QED) is 0.0238. The number of nitrogens with zero attached hydrogens (tertiary/aromatic N) is 6. The lowest BCUT2D eigenvalue weighted by atomic mass is 10.0. The van der Waals surface area contributed by atoms with Gasteiger partial charge in [0.15, 0.2) is 0 Å². The number of ether oxygens (including phenoxy) is 6. The SMILES string of the molecule is CCCCCC/C=C\COC(=O)CCCN(CCCC(=O)OC(CCCCCC)CCCCCC)C(=O)SCCN(C)C.CCCCCC/C=C\COC(=O)CCCN(CCCC(=O)OC(CCCCCCC)CCCCCCCC)C(=O)SCCCN(CC)CC.CCCCCC/C=C\COC(=O)CCCN(CCCC(=O)OC(CCCCCCCC)CCCCCCCC)C(=O)SCCN(C)C. The van der Waals surface area contributed by atoms with Crippen molar-refractivity contribution in [2.24, 2.45) is 0 Å². The number of hydrogen-bond donors (Lipinski definition) is 0. The molecule has 0 heterocycles. The van der Waals surface area contributed by atoms with E-state index in [0.717, 1.165) is 141 Å². The highest BCUT2D eigenvalue weighted by Gasteiger charge is 2.24. The summed E-state index contributed by atoms with van der Waals surface area (Å²) < 4.78 is 34.0. The molecule has 21 nitrogen and oxygen atoms in total. The molecule has 0 radical (unpaired) electrons. The summed E-state index contributed by atoms with van der Waals surface area (Å²) in [7, 11) is 7.97. The van der Waals surface area contributed by atoms with Crippen molar-refractivity contribution in [1.82, 2.24) is 29.4 Å². The first-order valence-corrected chi connectivity index (χ1v) is 60.3. The van der Waals surface area contributed by atoms with E-state index in [1.165, 1.54) is 273 Å². The van der Waals surface area contributed by atoms with Crippen molar-refractivity contribution in [1.29, 1.82) is 0 Å². The number of esters is 6. The molecular weight excluding hydrogens is 1800 g/mol. The number of carbonyl (C=O) groups excluding carboxylic acids is 9. The Hall–Kier alpha value is -4.62. The Morgan fingerprint density at radius 2 is 0.432 bits per heavy atom. The van der Waals surface area contributed by atoms with E-state index >= 15 is 0 Å². The number of amides is 3. The number of rotatable bonds is 97. The predicted molar refractivity (Wildman–Crippen MR) is 594 cm³/mol. The van der Waals surface area contributed by atoms with Crippen LogP contribution in [0.15, 0.2) is 36.5 Å². The molecule has 0 N–H and O–H groups in total. The van der Waals surface area contributed by atoms with Crippen LogP contribution in [0.1, 0.15) is 494 Å². The van der Waals surface area contributed by atoms with E-state index in [2.05, 4.69) is 109 Å². The molecule has 0 fully saturated rings. The van der Waals surface area contributed by atoms with Crippen LogP contribution in [-0.2, 0) is 57.2 Å². The first kappa shape index (κ1) is 139. The predicted octanol–water partition coefficient (Wildman–Crippen LogP) is 31.5. The third-order valence-electron chi connectivity index (χ3n) is 25.0. The monoisotopic (exact) mass is 2020 g/mol. The summed E-state index contributed by atoms with van der Waals surface area (Å²) in [4.78, 5) is 127. The summed E-state index contributed by atoms with van der Waals surface area (Å²) in [5, 5.41) is 0.0308. The fourth-order valence-electron chi connectivity index (χ4n) is 16.1. The Bertz CT molecular complexity index is 2860. The maximum atomic E-state index is 13.2. The second kappa shape index (κ2) is 109. The van der Waals surface area contributed by atoms with Crippen LogP contribution in [0.4, 0.5) is 14.4 Å². The molecule has 0 bridgehead atoms. The van der Waals surface area contributed by atoms with Crippen LogP contribution >= 0.6 is 35.3 Å². The molecule has 0 spiro atoms. The summed E-state index contributed by atoms with van der Waals surface area (Å²) in [6, 6.07) is 0. The fourth-order valence-corrected chi connectivity index (χ4v) is 18.9. The summed E-state index contributed by atoms with van der Waals surface area (Å²) in [5.41, 5.74) is 0. The molecule has 0 saturated carbocycles. The van der Waals surface area contributed by atoms with Gasteiger partial charge in [-0.1, -0.05) is 366 Å². The minimum atomic E-state index is -0.240. The molecule has 816 valence electrons. The van der Waals surface area contributed by atoms with Gasteiger partial charge >= 0.3 is 35.8 Å². The Balaban J connectivity index is -0.00000200. The molecule has 3 amide bonds. The van der Waals surface area contributed by atoms with Gasteiger partial charge < -0.3 is 57.8 Å². The van der Waals surface area contributed by atoms with E-state index in [-0.39, 0.29) is 89.1 Å². The lowest BCUT2D eigenvalue weighted by Crippen LogP contribution is -2.31. The van der Waals surface area contributed by atoms with Gasteiger partial charge in [0.1, 0.15) is 38.1 Å². The van der Waals surface area contributed by atoms with E-state index in [4.69, 9.17) is 28.4 Å². The van der Waals surface area contributed by atoms with E-state index in [9.17, 15) is 43.2 Å². The van der Waals surface area contributed by atoms with Crippen molar-refractivity contribution in [2.75, 3.05) is 137 Å². The van der Waals surface area contributed by atoms with Crippen molar-refractivity contribution in [3.63, 3.8) is 0 Å². The van der Waals surface area contributed by atoms with Crippen LogP contribution in [-0.4, -0.2) is 237 Å². The molecule has 0 aliphatic heterocycles. The molecule has 0 aliphatic rings. The molecule has 139 heavy (non-hydrogen) atoms. The maximum absolute atomic E-state index is 13.2. The number of unbranched alkanes of at least 4 members (excludes halogenated alkanes) is 37. The van der Waals surface area contributed by atoms with E-state index in [0.29, 0.717) is 128 Å². The highest BCUT2D eigenvalue weighted by atomic mass is 32.2. The zero-order valence-electron chi connectivity index (χ0n) is 92.7. The molecular formula is C115H218N6O15S3. The van der Waals surface area contributed by atoms with Crippen molar-refractivity contribution in [3.05, 3.63) is 36.5 Å². The fraction of sp³-hybridized carbons (Fsp3) is 0.870. The summed E-state index contributed by atoms with van der Waals surface area (Å²) in [5.74, 6) is 1.00. The first-order valence-electron chi connectivity index (χ1n) is 57.4. The largest absolute Gasteiger partial charge is 0.462 e. The minimum absolute atomic E-state index is 0.000633. The van der Waals surface area contributed by atoms with Crippen LogP contribution in [0, 0.1) is 0 Å². The second-order valence-electron chi connectivity index (χ2n) is 38.8. The molecule has 0 aromatic rings. The second-order valence-corrected chi connectivity index (χ2v) is 42.0. The number of carbonyl (C=O) groups is 9. The minimum Gasteiger partial charge on any atom is -0.462 e. The third-order valence-corrected chi connectivity index (χ3v) is 27.8. The Labute approximate surface area is 867 Å². The molecule has 0 aromatic heterocycles. The van der Waals surface area contributed by atoms with Gasteiger partial charge in [-0.25, -0.2) is 0 Å². The molecule has 0 aromatic carbocycles. The van der Waals surface area contributed by atoms with Gasteiger partial charge in [0.05, 0.1) is 0 Å². The summed E-state index contributed by atoms with van der Waals surface area (Å²) in [6.45, 7) is 32.7. The molecule has 0 saturated heterocycles. The Morgan fingerprint density at radius 3 is 0.662 bits per heavy atom. The lowest BCUT2D eigenvalue weighted by molar-refractivity contribution is -0.151. The van der Waals surface area contributed by atoms with Crippen LogP contribution in [0.2, 0.25) is 0 Å². The van der Waals surface area contributed by atoms with Crippen LogP contribution in [0.5, 0.6) is 0 Å². The van der Waals surface area contributed by atoms with Crippen molar-refractivity contribution in [3.8, 4) is 0 Å². The van der Waals surface area contributed by atoms with Crippen molar-refractivity contribution in [2.45, 2.75) is 512 Å². The average Bonchev–Trinajstić information content (AvgIpc) is 0.926. The smallest absolute Gasteiger partial charge is 0.306 e. The first-order chi connectivity index (χ1) is 67.6. The zero-order chi connectivity index (χ0) is 103. The van der Waals surface area contributed by atoms with Gasteiger partial charge in [-0.2, -0.15) is 0 Å². The van der Waals surface area contributed by atoms with Crippen LogP contribution in [0.3, 0.4) is 0 Å². The summed E-state index contributed by atoms with van der Waals surface area (Å²) in [6.07, 6.45) is 79.2. The number of thioether (sulfide) groups is 3. The Morgan fingerprint density at radius 1 is 0.223 bits per heavy atom. The summed E-state index contributed by atoms with van der Waals surface area (Å²) >= 11 is 3.95. The van der Waals surface area contributed by atoms with Crippen molar-refractivity contribution >= 4 is 86.8 Å². The van der Waals surface area contributed by atoms with Crippen molar-refractivity contribution < 1.29 is 71.6 Å². The molecule has 0 rings (SSSR count). The van der Waals surface area contributed by atoms with Gasteiger partial charge in [-0.05, 0) is 208 Å². The highest BCUT2D eigenvalue weighted by molar-refractivity contribution is 8.14.